The molecule has 1 amide bonds. The molecule has 0 aromatic carbocycles. The lowest BCUT2D eigenvalue weighted by Crippen LogP contribution is -2.46. The minimum atomic E-state index is -1.02. The second kappa shape index (κ2) is 5.05. The lowest BCUT2D eigenvalue weighted by molar-refractivity contribution is -0.141. The van der Waals surface area contributed by atoms with Crippen molar-refractivity contribution < 1.29 is 19.1 Å². The average molecular weight is 296 g/mol. The van der Waals surface area contributed by atoms with Gasteiger partial charge in [-0.1, -0.05) is 0 Å². The maximum absolute atomic E-state index is 13.2. The van der Waals surface area contributed by atoms with Gasteiger partial charge in [-0.3, -0.25) is 9.78 Å². The zero-order valence-electron chi connectivity index (χ0n) is 10.5. The monoisotopic (exact) mass is 296 g/mol. The molecule has 2 fully saturated rings. The minimum absolute atomic E-state index is 0.101. The fraction of sp³-hybridized carbons (Fsp3) is 0.462. The van der Waals surface area contributed by atoms with Crippen LogP contribution in [0.5, 0.6) is 0 Å². The molecule has 1 aromatic heterocycles. The van der Waals surface area contributed by atoms with E-state index in [2.05, 4.69) is 4.98 Å². The molecule has 0 spiro atoms. The standard InChI is InChI=1S/C13H13FN2O3S/c14-9-3-8(4-15-5-9)11(17)16-10(13(18)19)6-20-12(16)7-1-2-7/h3-5,7,10,12H,1-2,6H2,(H,18,19). The Morgan fingerprint density at radius 2 is 2.15 bits per heavy atom. The number of thioether (sulfide) groups is 1. The number of rotatable bonds is 3. The second-order valence-corrected chi connectivity index (χ2v) is 6.17. The summed E-state index contributed by atoms with van der Waals surface area (Å²) in [7, 11) is 0. The first-order chi connectivity index (χ1) is 9.58. The number of hydrogen-bond donors (Lipinski definition) is 1. The molecule has 1 saturated heterocycles. The third-order valence-electron chi connectivity index (χ3n) is 3.53. The fourth-order valence-corrected chi connectivity index (χ4v) is 4.03. The molecule has 3 rings (SSSR count). The highest BCUT2D eigenvalue weighted by molar-refractivity contribution is 8.00. The van der Waals surface area contributed by atoms with Crippen molar-refractivity contribution in [2.45, 2.75) is 24.3 Å². The van der Waals surface area contributed by atoms with Gasteiger partial charge < -0.3 is 10.0 Å². The SMILES string of the molecule is O=C(O)C1CSC(C2CC2)N1C(=O)c1cncc(F)c1. The molecule has 5 nitrogen and oxygen atoms in total. The molecule has 1 saturated carbocycles. The summed E-state index contributed by atoms with van der Waals surface area (Å²) in [5.74, 6) is -1.33. The van der Waals surface area contributed by atoms with Crippen LogP contribution in [0, 0.1) is 11.7 Å². The molecule has 0 bridgehead atoms. The third-order valence-corrected chi connectivity index (χ3v) is 4.99. The number of carbonyl (C=O) groups is 2. The van der Waals surface area contributed by atoms with Crippen LogP contribution < -0.4 is 0 Å². The van der Waals surface area contributed by atoms with Gasteiger partial charge in [0.25, 0.3) is 5.91 Å². The molecule has 2 atom stereocenters. The lowest BCUT2D eigenvalue weighted by Gasteiger charge is -2.27. The first-order valence-corrected chi connectivity index (χ1v) is 7.40. The maximum Gasteiger partial charge on any atom is 0.327 e. The number of amides is 1. The number of carbonyl (C=O) groups excluding carboxylic acids is 1. The molecule has 2 unspecified atom stereocenters. The summed E-state index contributed by atoms with van der Waals surface area (Å²) in [6.07, 6.45) is 4.31. The zero-order chi connectivity index (χ0) is 14.3. The molecule has 0 radical (unpaired) electrons. The Bertz CT molecular complexity index is 564. The van der Waals surface area contributed by atoms with Crippen molar-refractivity contribution in [1.82, 2.24) is 9.88 Å². The van der Waals surface area contributed by atoms with E-state index < -0.39 is 23.7 Å². The van der Waals surface area contributed by atoms with Gasteiger partial charge in [0.05, 0.1) is 17.1 Å². The predicted molar refractivity (Wildman–Crippen MR) is 70.8 cm³/mol. The van der Waals surface area contributed by atoms with E-state index in [-0.39, 0.29) is 10.9 Å². The molecule has 1 aliphatic heterocycles. The van der Waals surface area contributed by atoms with Gasteiger partial charge in [-0.25, -0.2) is 9.18 Å². The van der Waals surface area contributed by atoms with Gasteiger partial charge in [-0.15, -0.1) is 11.8 Å². The number of pyridine rings is 1. The number of nitrogens with zero attached hydrogens (tertiary/aromatic N) is 2. The molecule has 7 heteroatoms. The molecule has 20 heavy (non-hydrogen) atoms. The minimum Gasteiger partial charge on any atom is -0.480 e. The quantitative estimate of drug-likeness (QED) is 0.917. The highest BCUT2D eigenvalue weighted by atomic mass is 32.2. The smallest absolute Gasteiger partial charge is 0.327 e. The van der Waals surface area contributed by atoms with E-state index >= 15 is 0 Å². The highest BCUT2D eigenvalue weighted by Crippen LogP contribution is 2.45. The predicted octanol–water partition coefficient (Wildman–Crippen LogP) is 1.60. The molecule has 2 aliphatic rings. The highest BCUT2D eigenvalue weighted by Gasteiger charge is 2.48. The van der Waals surface area contributed by atoms with Crippen LogP contribution in [0.4, 0.5) is 4.39 Å². The van der Waals surface area contributed by atoms with Crippen molar-refractivity contribution in [3.8, 4) is 0 Å². The fourth-order valence-electron chi connectivity index (χ4n) is 2.40. The van der Waals surface area contributed by atoms with Gasteiger partial charge in [0, 0.05) is 11.9 Å². The van der Waals surface area contributed by atoms with E-state index in [4.69, 9.17) is 0 Å². The molecule has 1 aromatic rings. The number of halogens is 1. The van der Waals surface area contributed by atoms with E-state index in [0.29, 0.717) is 11.7 Å². The van der Waals surface area contributed by atoms with Gasteiger partial charge in [0.15, 0.2) is 0 Å². The van der Waals surface area contributed by atoms with Crippen LogP contribution in [0.3, 0.4) is 0 Å². The molecule has 106 valence electrons. The van der Waals surface area contributed by atoms with Crippen LogP contribution in [0.15, 0.2) is 18.5 Å². The normalized spacial score (nSPS) is 25.8. The number of aliphatic carboxylic acids is 1. The summed E-state index contributed by atoms with van der Waals surface area (Å²) in [5, 5.41) is 9.14. The van der Waals surface area contributed by atoms with Crippen molar-refractivity contribution in [1.29, 1.82) is 0 Å². The molecule has 2 heterocycles. The molecule has 1 aliphatic carbocycles. The van der Waals surface area contributed by atoms with Gasteiger partial charge >= 0.3 is 5.97 Å². The lowest BCUT2D eigenvalue weighted by atomic mass is 10.2. The zero-order valence-corrected chi connectivity index (χ0v) is 11.3. The van der Waals surface area contributed by atoms with Crippen molar-refractivity contribution in [3.63, 3.8) is 0 Å². The van der Waals surface area contributed by atoms with Crippen LogP contribution >= 0.6 is 11.8 Å². The van der Waals surface area contributed by atoms with Crippen LogP contribution in [0.2, 0.25) is 0 Å². The van der Waals surface area contributed by atoms with Gasteiger partial charge in [-0.2, -0.15) is 0 Å². The molecular formula is C13H13FN2O3S. The number of hydrogen-bond acceptors (Lipinski definition) is 4. The van der Waals surface area contributed by atoms with E-state index in [0.717, 1.165) is 25.1 Å². The summed E-state index contributed by atoms with van der Waals surface area (Å²) < 4.78 is 13.2. The Morgan fingerprint density at radius 1 is 1.40 bits per heavy atom. The Morgan fingerprint density at radius 3 is 2.75 bits per heavy atom. The van der Waals surface area contributed by atoms with E-state index in [1.807, 2.05) is 0 Å². The van der Waals surface area contributed by atoms with E-state index in [1.54, 1.807) is 0 Å². The van der Waals surface area contributed by atoms with E-state index in [9.17, 15) is 19.1 Å². The first-order valence-electron chi connectivity index (χ1n) is 6.35. The molecular weight excluding hydrogens is 283 g/mol. The van der Waals surface area contributed by atoms with Crippen LogP contribution in [-0.4, -0.2) is 44.0 Å². The molecule has 1 N–H and O–H groups in total. The Labute approximate surface area is 119 Å². The van der Waals surface area contributed by atoms with Gasteiger partial charge in [0.1, 0.15) is 11.9 Å². The summed E-state index contributed by atoms with van der Waals surface area (Å²) in [4.78, 5) is 28.9. The summed E-state index contributed by atoms with van der Waals surface area (Å²) >= 11 is 1.49. The second-order valence-electron chi connectivity index (χ2n) is 5.02. The summed E-state index contributed by atoms with van der Waals surface area (Å²) in [5.41, 5.74) is 0.101. The summed E-state index contributed by atoms with van der Waals surface area (Å²) in [6.45, 7) is 0. The number of carboxylic acid groups (broad SMARTS) is 1. The topological polar surface area (TPSA) is 70.5 Å². The largest absolute Gasteiger partial charge is 0.480 e. The third kappa shape index (κ3) is 2.37. The van der Waals surface area contributed by atoms with Crippen molar-refractivity contribution >= 4 is 23.6 Å². The van der Waals surface area contributed by atoms with Crippen LogP contribution in [0.25, 0.3) is 0 Å². The van der Waals surface area contributed by atoms with Gasteiger partial charge in [-0.05, 0) is 24.8 Å². The first kappa shape index (κ1) is 13.4. The van der Waals surface area contributed by atoms with Crippen molar-refractivity contribution in [3.05, 3.63) is 29.8 Å². The Kier molecular flexibility index (Phi) is 3.37. The Hall–Kier alpha value is -1.63. The van der Waals surface area contributed by atoms with E-state index in [1.165, 1.54) is 22.9 Å². The number of aromatic nitrogens is 1. The van der Waals surface area contributed by atoms with Crippen LogP contribution in [0.1, 0.15) is 23.2 Å². The maximum atomic E-state index is 13.2. The number of carboxylic acids is 1. The average Bonchev–Trinajstić information content (AvgIpc) is 3.16. The van der Waals surface area contributed by atoms with Gasteiger partial charge in [0.2, 0.25) is 0 Å². The Balaban J connectivity index is 1.90. The summed E-state index contributed by atoms with van der Waals surface area (Å²) in [6, 6.07) is 0.252. The van der Waals surface area contributed by atoms with Crippen molar-refractivity contribution in [2.75, 3.05) is 5.75 Å². The van der Waals surface area contributed by atoms with Crippen LogP contribution in [-0.2, 0) is 4.79 Å². The van der Waals surface area contributed by atoms with Crippen molar-refractivity contribution in [2.24, 2.45) is 5.92 Å².